The molecule has 3 fully saturated rings. The van der Waals surface area contributed by atoms with E-state index in [9.17, 15) is 4.79 Å². The molecule has 3 rings (SSSR count). The van der Waals surface area contributed by atoms with Crippen LogP contribution >= 0.6 is 12.4 Å². The topological polar surface area (TPSA) is 41.6 Å². The van der Waals surface area contributed by atoms with Crippen LogP contribution in [0.4, 0.5) is 0 Å². The zero-order valence-electron chi connectivity index (χ0n) is 12.3. The summed E-state index contributed by atoms with van der Waals surface area (Å²) in [6.45, 7) is 4.70. The third kappa shape index (κ3) is 3.29. The molecule has 1 amide bonds. The van der Waals surface area contributed by atoms with Crippen LogP contribution in [0.5, 0.6) is 0 Å². The van der Waals surface area contributed by atoms with Gasteiger partial charge >= 0.3 is 0 Å². The summed E-state index contributed by atoms with van der Waals surface area (Å²) in [6, 6.07) is 0.839. The van der Waals surface area contributed by atoms with Gasteiger partial charge in [-0.1, -0.05) is 12.8 Å². The third-order valence-electron chi connectivity index (χ3n) is 4.99. The lowest BCUT2D eigenvalue weighted by atomic mass is 9.87. The Hall–Kier alpha value is -0.320. The first kappa shape index (κ1) is 16.1. The first-order valence-electron chi connectivity index (χ1n) is 7.91. The summed E-state index contributed by atoms with van der Waals surface area (Å²) in [6.07, 6.45) is 7.08. The second-order valence-corrected chi connectivity index (χ2v) is 6.37. The molecule has 2 unspecified atom stereocenters. The van der Waals surface area contributed by atoms with Crippen LogP contribution in [0.2, 0.25) is 0 Å². The van der Waals surface area contributed by atoms with Gasteiger partial charge in [-0.05, 0) is 39.2 Å². The largest absolute Gasteiger partial charge is 0.374 e. The fourth-order valence-corrected chi connectivity index (χ4v) is 3.96. The lowest BCUT2D eigenvalue weighted by molar-refractivity contribution is -0.154. The van der Waals surface area contributed by atoms with Gasteiger partial charge in [-0.25, -0.2) is 0 Å². The monoisotopic (exact) mass is 302 g/mol. The number of piperidine rings is 1. The van der Waals surface area contributed by atoms with Crippen molar-refractivity contribution in [3.8, 4) is 0 Å². The van der Waals surface area contributed by atoms with Gasteiger partial charge in [0, 0.05) is 18.5 Å². The van der Waals surface area contributed by atoms with E-state index in [2.05, 4.69) is 17.1 Å². The van der Waals surface area contributed by atoms with Crippen LogP contribution in [-0.4, -0.2) is 48.7 Å². The molecule has 20 heavy (non-hydrogen) atoms. The number of halogens is 1. The maximum Gasteiger partial charge on any atom is 0.226 e. The summed E-state index contributed by atoms with van der Waals surface area (Å²) in [5.41, 5.74) is 0. The second kappa shape index (κ2) is 7.10. The zero-order valence-corrected chi connectivity index (χ0v) is 13.2. The predicted octanol–water partition coefficient (Wildman–Crippen LogP) is 1.97. The molecule has 0 spiro atoms. The highest BCUT2D eigenvalue weighted by Crippen LogP contribution is 2.30. The number of carbonyl (C=O) groups excluding carboxylic acids is 1. The number of rotatable bonds is 1. The molecular formula is C15H27ClN2O2. The fourth-order valence-electron chi connectivity index (χ4n) is 3.96. The van der Waals surface area contributed by atoms with E-state index in [-0.39, 0.29) is 18.3 Å². The van der Waals surface area contributed by atoms with E-state index >= 15 is 0 Å². The Balaban J connectivity index is 0.00000147. The second-order valence-electron chi connectivity index (χ2n) is 6.37. The summed E-state index contributed by atoms with van der Waals surface area (Å²) in [5.74, 6) is 0.630. The molecule has 0 aromatic carbocycles. The van der Waals surface area contributed by atoms with Gasteiger partial charge in [-0.15, -0.1) is 12.4 Å². The Kier molecular flexibility index (Phi) is 5.70. The predicted molar refractivity (Wildman–Crippen MR) is 81.1 cm³/mol. The van der Waals surface area contributed by atoms with Crippen LogP contribution in [0.3, 0.4) is 0 Å². The van der Waals surface area contributed by atoms with Crippen LogP contribution in [0, 0.1) is 5.92 Å². The number of morpholine rings is 1. The van der Waals surface area contributed by atoms with Crippen molar-refractivity contribution >= 4 is 18.3 Å². The molecule has 116 valence electrons. The minimum Gasteiger partial charge on any atom is -0.374 e. The SMILES string of the molecule is C[C@H]1C[C@@H](C(=O)N2CCOC3CCCCC32)CCN1.Cl. The van der Waals surface area contributed by atoms with Crippen LogP contribution in [0.15, 0.2) is 0 Å². The van der Waals surface area contributed by atoms with E-state index in [1.807, 2.05) is 0 Å². The standard InChI is InChI=1S/C15H26N2O2.ClH/c1-11-10-12(6-7-16-11)15(18)17-8-9-19-14-5-3-2-4-13(14)17;/h11-14,16H,2-10H2,1H3;1H/t11-,12-,13?,14?;/m0./s1. The minimum absolute atomic E-state index is 0. The number of fused-ring (bicyclic) bond motifs is 1. The highest BCUT2D eigenvalue weighted by atomic mass is 35.5. The van der Waals surface area contributed by atoms with E-state index in [0.29, 0.717) is 24.1 Å². The first-order chi connectivity index (χ1) is 9.25. The summed E-state index contributed by atoms with van der Waals surface area (Å²) < 4.78 is 5.86. The van der Waals surface area contributed by atoms with Gasteiger partial charge in [-0.2, -0.15) is 0 Å². The van der Waals surface area contributed by atoms with Crippen molar-refractivity contribution in [2.24, 2.45) is 5.92 Å². The van der Waals surface area contributed by atoms with Crippen LogP contribution in [0.1, 0.15) is 45.4 Å². The van der Waals surface area contributed by atoms with Gasteiger partial charge < -0.3 is 15.0 Å². The maximum absolute atomic E-state index is 12.8. The highest BCUT2D eigenvalue weighted by molar-refractivity contribution is 5.85. The molecule has 1 aliphatic carbocycles. The smallest absolute Gasteiger partial charge is 0.226 e. The summed E-state index contributed by atoms with van der Waals surface area (Å²) >= 11 is 0. The molecule has 1 saturated carbocycles. The maximum atomic E-state index is 12.8. The lowest BCUT2D eigenvalue weighted by Gasteiger charge is -2.45. The number of carbonyl (C=O) groups is 1. The molecule has 4 atom stereocenters. The van der Waals surface area contributed by atoms with Gasteiger partial charge in [0.1, 0.15) is 0 Å². The minimum atomic E-state index is 0. The molecule has 2 aliphatic heterocycles. The van der Waals surface area contributed by atoms with Crippen LogP contribution in [-0.2, 0) is 9.53 Å². The van der Waals surface area contributed by atoms with Crippen molar-refractivity contribution in [1.82, 2.24) is 10.2 Å². The normalized spacial score (nSPS) is 37.8. The van der Waals surface area contributed by atoms with Crippen molar-refractivity contribution in [3.63, 3.8) is 0 Å². The molecule has 0 aromatic heterocycles. The van der Waals surface area contributed by atoms with E-state index < -0.39 is 0 Å². The number of hydrogen-bond acceptors (Lipinski definition) is 3. The van der Waals surface area contributed by atoms with E-state index in [1.54, 1.807) is 0 Å². The fraction of sp³-hybridized carbons (Fsp3) is 0.933. The average Bonchev–Trinajstić information content (AvgIpc) is 2.46. The quantitative estimate of drug-likeness (QED) is 0.805. The van der Waals surface area contributed by atoms with E-state index in [0.717, 1.165) is 45.4 Å². The average molecular weight is 303 g/mol. The Labute approximate surface area is 128 Å². The molecule has 3 aliphatic rings. The van der Waals surface area contributed by atoms with Crippen molar-refractivity contribution < 1.29 is 9.53 Å². The third-order valence-corrected chi connectivity index (χ3v) is 4.99. The molecule has 2 heterocycles. The Morgan fingerprint density at radius 3 is 2.85 bits per heavy atom. The number of amides is 1. The van der Waals surface area contributed by atoms with Crippen molar-refractivity contribution in [2.45, 2.75) is 63.6 Å². The number of ether oxygens (including phenoxy) is 1. The van der Waals surface area contributed by atoms with E-state index in [1.165, 1.54) is 12.8 Å². The van der Waals surface area contributed by atoms with Crippen LogP contribution < -0.4 is 5.32 Å². The van der Waals surface area contributed by atoms with Crippen LogP contribution in [0.25, 0.3) is 0 Å². The highest BCUT2D eigenvalue weighted by Gasteiger charge is 2.39. The van der Waals surface area contributed by atoms with Crippen molar-refractivity contribution in [1.29, 1.82) is 0 Å². The summed E-state index contributed by atoms with van der Waals surface area (Å²) in [7, 11) is 0. The number of nitrogens with zero attached hydrogens (tertiary/aromatic N) is 1. The molecule has 0 aromatic rings. The molecule has 1 N–H and O–H groups in total. The van der Waals surface area contributed by atoms with Gasteiger partial charge in [0.2, 0.25) is 5.91 Å². The molecule has 0 radical (unpaired) electrons. The zero-order chi connectivity index (χ0) is 13.2. The van der Waals surface area contributed by atoms with E-state index in [4.69, 9.17) is 4.74 Å². The molecule has 5 heteroatoms. The van der Waals surface area contributed by atoms with Gasteiger partial charge in [0.15, 0.2) is 0 Å². The Morgan fingerprint density at radius 2 is 2.05 bits per heavy atom. The number of hydrogen-bond donors (Lipinski definition) is 1. The molecule has 0 bridgehead atoms. The molecule has 4 nitrogen and oxygen atoms in total. The summed E-state index contributed by atoms with van der Waals surface area (Å²) in [5, 5.41) is 3.43. The van der Waals surface area contributed by atoms with Gasteiger partial charge in [-0.3, -0.25) is 4.79 Å². The first-order valence-corrected chi connectivity index (χ1v) is 7.91. The Bertz CT molecular complexity index is 338. The van der Waals surface area contributed by atoms with Gasteiger partial charge in [0.25, 0.3) is 0 Å². The Morgan fingerprint density at radius 1 is 1.25 bits per heavy atom. The molecule has 2 saturated heterocycles. The molecular weight excluding hydrogens is 276 g/mol. The van der Waals surface area contributed by atoms with Crippen molar-refractivity contribution in [2.75, 3.05) is 19.7 Å². The number of nitrogens with one attached hydrogen (secondary N) is 1. The lowest BCUT2D eigenvalue weighted by Crippen LogP contribution is -2.57. The van der Waals surface area contributed by atoms with Gasteiger partial charge in [0.05, 0.1) is 18.8 Å². The van der Waals surface area contributed by atoms with Crippen molar-refractivity contribution in [3.05, 3.63) is 0 Å². The summed E-state index contributed by atoms with van der Waals surface area (Å²) in [4.78, 5) is 15.0.